The van der Waals surface area contributed by atoms with Crippen LogP contribution in [0.1, 0.15) is 36.6 Å². The van der Waals surface area contributed by atoms with E-state index >= 15 is 0 Å². The van der Waals surface area contributed by atoms with Crippen molar-refractivity contribution in [2.24, 2.45) is 0 Å². The summed E-state index contributed by atoms with van der Waals surface area (Å²) in [7, 11) is 1.66. The Morgan fingerprint density at radius 3 is 2.83 bits per heavy atom. The van der Waals surface area contributed by atoms with Crippen LogP contribution in [0.2, 0.25) is 0 Å². The molecule has 1 aliphatic heterocycles. The largest absolute Gasteiger partial charge is 0.497 e. The molecule has 186 valence electrons. The lowest BCUT2D eigenvalue weighted by atomic mass is 10.1. The maximum atomic E-state index is 11.3. The van der Waals surface area contributed by atoms with Gasteiger partial charge in [-0.15, -0.1) is 0 Å². The van der Waals surface area contributed by atoms with Crippen LogP contribution in [0.3, 0.4) is 0 Å². The van der Waals surface area contributed by atoms with Crippen molar-refractivity contribution in [1.82, 2.24) is 9.55 Å². The molecule has 0 radical (unpaired) electrons. The van der Waals surface area contributed by atoms with E-state index < -0.39 is 0 Å². The summed E-state index contributed by atoms with van der Waals surface area (Å²) in [6.07, 6.45) is -0.353. The second kappa shape index (κ2) is 9.81. The second-order valence-corrected chi connectivity index (χ2v) is 8.59. The number of carbonyl (C=O) groups excluding carboxylic acids is 1. The molecule has 5 rings (SSSR count). The van der Waals surface area contributed by atoms with E-state index in [1.165, 1.54) is 6.92 Å². The van der Waals surface area contributed by atoms with Crippen molar-refractivity contribution in [2.75, 3.05) is 25.6 Å². The van der Waals surface area contributed by atoms with E-state index in [1.807, 2.05) is 54.0 Å². The van der Waals surface area contributed by atoms with Crippen LogP contribution in [-0.4, -0.2) is 35.8 Å². The normalized spacial score (nSPS) is 14.3. The summed E-state index contributed by atoms with van der Waals surface area (Å²) in [4.78, 5) is 16.0. The Morgan fingerprint density at radius 1 is 1.19 bits per heavy atom. The van der Waals surface area contributed by atoms with Gasteiger partial charge in [0.05, 0.1) is 30.4 Å². The van der Waals surface area contributed by atoms with Crippen molar-refractivity contribution < 1.29 is 23.7 Å². The lowest BCUT2D eigenvalue weighted by Crippen LogP contribution is -2.09. The van der Waals surface area contributed by atoms with E-state index in [1.54, 1.807) is 7.11 Å². The van der Waals surface area contributed by atoms with Crippen molar-refractivity contribution in [2.45, 2.75) is 33.4 Å². The summed E-state index contributed by atoms with van der Waals surface area (Å²) < 4.78 is 24.5. The molecule has 1 atom stereocenters. The van der Waals surface area contributed by atoms with E-state index in [0.717, 1.165) is 50.6 Å². The molecule has 0 spiro atoms. The molecular formula is C28H29N3O5. The quantitative estimate of drug-likeness (QED) is 0.336. The van der Waals surface area contributed by atoms with Gasteiger partial charge in [-0.25, -0.2) is 0 Å². The minimum Gasteiger partial charge on any atom is -0.497 e. The van der Waals surface area contributed by atoms with Gasteiger partial charge in [-0.3, -0.25) is 9.36 Å². The maximum absolute atomic E-state index is 11.3. The molecule has 1 aliphatic rings. The number of benzene rings is 3. The second-order valence-electron chi connectivity index (χ2n) is 8.59. The van der Waals surface area contributed by atoms with Gasteiger partial charge in [0, 0.05) is 36.9 Å². The van der Waals surface area contributed by atoms with Gasteiger partial charge in [-0.1, -0.05) is 12.1 Å². The third-order valence-electron chi connectivity index (χ3n) is 6.30. The van der Waals surface area contributed by atoms with Gasteiger partial charge in [0.15, 0.2) is 6.10 Å². The number of methoxy groups -OCH3 is 1. The number of aromatic nitrogens is 2. The Morgan fingerprint density at radius 2 is 2.06 bits per heavy atom. The topological polar surface area (TPSA) is 83.8 Å². The molecule has 36 heavy (non-hydrogen) atoms. The molecule has 8 nitrogen and oxygen atoms in total. The number of ether oxygens (including phenoxy) is 4. The van der Waals surface area contributed by atoms with E-state index in [9.17, 15) is 4.79 Å². The fourth-order valence-corrected chi connectivity index (χ4v) is 4.51. The minimum atomic E-state index is -0.353. The van der Waals surface area contributed by atoms with E-state index in [2.05, 4.69) is 24.4 Å². The Bertz CT molecular complexity index is 1430. The molecule has 1 N–H and O–H groups in total. The number of imidazole rings is 1. The zero-order chi connectivity index (χ0) is 25.2. The Labute approximate surface area is 209 Å². The molecule has 1 aromatic heterocycles. The van der Waals surface area contributed by atoms with Gasteiger partial charge in [-0.2, -0.15) is 4.98 Å². The standard InChI is InChI=1S/C28H29N3O5/c1-5-34-28-30-23-12-10-21(33-4)14-25(23)31(28)24-8-6-7-19(17(24)2)15-29-20-9-11-22-26(13-20)35-16-27(22)36-18(3)32/h6-14,27,29H,5,15-16H2,1-4H3/t27-/m1/s1. The third kappa shape index (κ3) is 4.42. The first kappa shape index (κ1) is 23.5. The van der Waals surface area contributed by atoms with Gasteiger partial charge < -0.3 is 24.3 Å². The molecule has 4 aromatic rings. The molecule has 0 amide bonds. The van der Waals surface area contributed by atoms with Crippen molar-refractivity contribution in [3.05, 3.63) is 71.3 Å². The van der Waals surface area contributed by atoms with Crippen LogP contribution in [0, 0.1) is 6.92 Å². The average Bonchev–Trinajstić information content (AvgIpc) is 3.43. The van der Waals surface area contributed by atoms with E-state index in [4.69, 9.17) is 23.9 Å². The molecule has 0 saturated carbocycles. The molecule has 2 heterocycles. The number of hydrogen-bond donors (Lipinski definition) is 1. The Kier molecular flexibility index (Phi) is 6.41. The maximum Gasteiger partial charge on any atom is 0.303 e. The molecule has 0 bridgehead atoms. The summed E-state index contributed by atoms with van der Waals surface area (Å²) in [5.74, 6) is 1.18. The lowest BCUT2D eigenvalue weighted by Gasteiger charge is -2.16. The highest BCUT2D eigenvalue weighted by Gasteiger charge is 2.27. The first-order chi connectivity index (χ1) is 17.5. The van der Waals surface area contributed by atoms with Gasteiger partial charge >= 0.3 is 12.0 Å². The van der Waals surface area contributed by atoms with Crippen LogP contribution < -0.4 is 19.5 Å². The van der Waals surface area contributed by atoms with Gasteiger partial charge in [-0.05, 0) is 55.3 Å². The van der Waals surface area contributed by atoms with Crippen LogP contribution in [0.15, 0.2) is 54.6 Å². The van der Waals surface area contributed by atoms with Crippen LogP contribution >= 0.6 is 0 Å². The molecule has 0 aliphatic carbocycles. The number of esters is 1. The monoisotopic (exact) mass is 487 g/mol. The summed E-state index contributed by atoms with van der Waals surface area (Å²) in [5, 5.41) is 3.49. The van der Waals surface area contributed by atoms with Crippen molar-refractivity contribution in [1.29, 1.82) is 0 Å². The van der Waals surface area contributed by atoms with Gasteiger partial charge in [0.1, 0.15) is 18.1 Å². The van der Waals surface area contributed by atoms with E-state index in [0.29, 0.717) is 25.8 Å². The third-order valence-corrected chi connectivity index (χ3v) is 6.30. The van der Waals surface area contributed by atoms with Crippen molar-refractivity contribution in [3.63, 3.8) is 0 Å². The molecule has 0 unspecified atom stereocenters. The number of rotatable bonds is 8. The predicted octanol–water partition coefficient (Wildman–Crippen LogP) is 5.35. The number of carbonyl (C=O) groups is 1. The SMILES string of the molecule is CCOc1nc2ccc(OC)cc2n1-c1cccc(CNc2ccc3c(c2)OC[C@H]3OC(C)=O)c1C. The molecule has 3 aromatic carbocycles. The Hall–Kier alpha value is -4.20. The van der Waals surface area contributed by atoms with Crippen LogP contribution in [-0.2, 0) is 16.1 Å². The van der Waals surface area contributed by atoms with Crippen LogP contribution in [0.5, 0.6) is 17.5 Å². The minimum absolute atomic E-state index is 0.314. The highest BCUT2D eigenvalue weighted by molar-refractivity contribution is 5.81. The molecular weight excluding hydrogens is 458 g/mol. The van der Waals surface area contributed by atoms with E-state index in [-0.39, 0.29) is 12.1 Å². The van der Waals surface area contributed by atoms with Crippen LogP contribution in [0.4, 0.5) is 5.69 Å². The molecule has 0 fully saturated rings. The smallest absolute Gasteiger partial charge is 0.303 e. The first-order valence-corrected chi connectivity index (χ1v) is 11.9. The van der Waals surface area contributed by atoms with Gasteiger partial charge in [0.2, 0.25) is 0 Å². The van der Waals surface area contributed by atoms with Gasteiger partial charge in [0.25, 0.3) is 0 Å². The lowest BCUT2D eigenvalue weighted by molar-refractivity contribution is -0.147. The number of nitrogens with zero attached hydrogens (tertiary/aromatic N) is 2. The van der Waals surface area contributed by atoms with Crippen LogP contribution in [0.25, 0.3) is 16.7 Å². The predicted molar refractivity (Wildman–Crippen MR) is 137 cm³/mol. The fourth-order valence-electron chi connectivity index (χ4n) is 4.51. The Balaban J connectivity index is 1.43. The summed E-state index contributed by atoms with van der Waals surface area (Å²) >= 11 is 0. The number of hydrogen-bond acceptors (Lipinski definition) is 7. The summed E-state index contributed by atoms with van der Waals surface area (Å²) in [6, 6.07) is 18.4. The first-order valence-electron chi connectivity index (χ1n) is 11.9. The summed E-state index contributed by atoms with van der Waals surface area (Å²) in [5.41, 5.74) is 6.82. The zero-order valence-corrected chi connectivity index (χ0v) is 20.8. The fraction of sp³-hybridized carbons (Fsp3) is 0.286. The van der Waals surface area contributed by atoms with Crippen molar-refractivity contribution in [3.8, 4) is 23.2 Å². The highest BCUT2D eigenvalue weighted by Crippen LogP contribution is 2.37. The number of nitrogens with one attached hydrogen (secondary N) is 1. The number of anilines is 1. The highest BCUT2D eigenvalue weighted by atomic mass is 16.6. The average molecular weight is 488 g/mol. The zero-order valence-electron chi connectivity index (χ0n) is 20.8. The molecule has 8 heteroatoms. The molecule has 0 saturated heterocycles. The van der Waals surface area contributed by atoms with Crippen molar-refractivity contribution >= 4 is 22.7 Å². The number of fused-ring (bicyclic) bond motifs is 2. The summed E-state index contributed by atoms with van der Waals surface area (Å²) in [6.45, 7) is 6.93.